The highest BCUT2D eigenvalue weighted by Gasteiger charge is 2.29. The van der Waals surface area contributed by atoms with Crippen LogP contribution in [0.2, 0.25) is 0 Å². The molecule has 0 bridgehead atoms. The van der Waals surface area contributed by atoms with Crippen molar-refractivity contribution in [2.75, 3.05) is 0 Å². The van der Waals surface area contributed by atoms with Gasteiger partial charge in [0.1, 0.15) is 0 Å². The molecule has 3 rings (SSSR count). The monoisotopic (exact) mass is 471 g/mol. The summed E-state index contributed by atoms with van der Waals surface area (Å²) in [6.07, 6.45) is 28.9. The van der Waals surface area contributed by atoms with E-state index in [1.807, 2.05) is 18.2 Å². The largest absolute Gasteiger partial charge is 0.193 e. The molecule has 0 heterocycles. The molecule has 1 aromatic carbocycles. The van der Waals surface area contributed by atoms with Gasteiger partial charge in [-0.05, 0) is 112 Å². The van der Waals surface area contributed by atoms with Crippen molar-refractivity contribution < 1.29 is 0 Å². The molecule has 1 aromatic rings. The number of benzene rings is 1. The number of hydrogen-bond donors (Lipinski definition) is 0. The molecule has 0 N–H and O–H groups in total. The minimum absolute atomic E-state index is 0.754. The molecule has 2 saturated carbocycles. The van der Waals surface area contributed by atoms with Gasteiger partial charge < -0.3 is 0 Å². The Balaban J connectivity index is 1.34. The average molecular weight is 472 g/mol. The number of rotatable bonds is 13. The van der Waals surface area contributed by atoms with Gasteiger partial charge in [-0.3, -0.25) is 0 Å². The van der Waals surface area contributed by atoms with Crippen LogP contribution in [0.15, 0.2) is 60.7 Å². The van der Waals surface area contributed by atoms with E-state index in [0.29, 0.717) is 0 Å². The normalized spacial score (nSPS) is 25.1. The van der Waals surface area contributed by atoms with Gasteiger partial charge in [0.15, 0.2) is 0 Å². The fourth-order valence-corrected chi connectivity index (χ4v) is 6.45. The number of allylic oxidation sites excluding steroid dienone is 5. The maximum atomic E-state index is 8.53. The van der Waals surface area contributed by atoms with E-state index in [1.54, 1.807) is 11.1 Å². The molecule has 0 atom stereocenters. The van der Waals surface area contributed by atoms with Crippen LogP contribution >= 0.6 is 0 Å². The molecule has 2 fully saturated rings. The molecule has 1 nitrogen and oxygen atoms in total. The zero-order valence-corrected chi connectivity index (χ0v) is 22.4. The summed E-state index contributed by atoms with van der Waals surface area (Å²) in [5.74, 6) is 3.15. The molecule has 0 aromatic heterocycles. The lowest BCUT2D eigenvalue weighted by molar-refractivity contribution is 0.260. The molecular weight excluding hydrogens is 422 g/mol. The van der Waals surface area contributed by atoms with Crippen LogP contribution in [0.4, 0.5) is 0 Å². The van der Waals surface area contributed by atoms with Crippen molar-refractivity contribution in [1.82, 2.24) is 0 Å². The van der Waals surface area contributed by atoms with Crippen LogP contribution in [0.25, 0.3) is 0 Å². The third-order valence-corrected chi connectivity index (χ3v) is 8.80. The Morgan fingerprint density at radius 1 is 0.886 bits per heavy atom. The first kappa shape index (κ1) is 27.5. The quantitative estimate of drug-likeness (QED) is 0.121. The number of nitrogens with zero attached hydrogens (tertiary/aromatic N) is 1. The summed E-state index contributed by atoms with van der Waals surface area (Å²) >= 11 is 0. The lowest BCUT2D eigenvalue weighted by Crippen LogP contribution is -2.22. The second kappa shape index (κ2) is 15.8. The van der Waals surface area contributed by atoms with Gasteiger partial charge in [-0.2, -0.15) is 5.26 Å². The predicted octanol–water partition coefficient (Wildman–Crippen LogP) is 10.3. The van der Waals surface area contributed by atoms with E-state index in [1.165, 1.54) is 108 Å². The third kappa shape index (κ3) is 9.48. The molecule has 35 heavy (non-hydrogen) atoms. The first-order chi connectivity index (χ1) is 17.2. The summed E-state index contributed by atoms with van der Waals surface area (Å²) < 4.78 is 0. The molecule has 190 valence electrons. The minimum atomic E-state index is 0.754. The molecule has 0 unspecified atom stereocenters. The topological polar surface area (TPSA) is 23.8 Å². The summed E-state index contributed by atoms with van der Waals surface area (Å²) in [7, 11) is 0. The molecule has 0 aliphatic heterocycles. The van der Waals surface area contributed by atoms with Crippen molar-refractivity contribution in [3.05, 3.63) is 71.8 Å². The summed E-state index contributed by atoms with van der Waals surface area (Å²) in [5.41, 5.74) is 4.68. The maximum Gasteiger partial charge on any atom is 0.0912 e. The van der Waals surface area contributed by atoms with E-state index >= 15 is 0 Å². The summed E-state index contributed by atoms with van der Waals surface area (Å²) in [6, 6.07) is 11.7. The Kier molecular flexibility index (Phi) is 12.4. The van der Waals surface area contributed by atoms with Gasteiger partial charge in [-0.25, -0.2) is 0 Å². The predicted molar refractivity (Wildman–Crippen MR) is 151 cm³/mol. The number of unbranched alkanes of at least 4 members (excludes halogenated alkanes) is 4. The fourth-order valence-electron chi connectivity index (χ4n) is 6.45. The van der Waals surface area contributed by atoms with Crippen LogP contribution in [0.3, 0.4) is 0 Å². The SMILES string of the molecule is C=C(C1CCC(CC/C=C/C=C/C#N)CC1)C1CCC(c2ccc(CCCCCCC)cc2)CC1. The number of hydrogen-bond acceptors (Lipinski definition) is 1. The van der Waals surface area contributed by atoms with Crippen molar-refractivity contribution in [3.8, 4) is 6.07 Å². The van der Waals surface area contributed by atoms with Gasteiger partial charge >= 0.3 is 0 Å². The molecule has 0 amide bonds. The van der Waals surface area contributed by atoms with Crippen molar-refractivity contribution in [3.63, 3.8) is 0 Å². The molecule has 2 aliphatic rings. The Labute approximate surface area is 216 Å². The highest BCUT2D eigenvalue weighted by molar-refractivity contribution is 5.26. The van der Waals surface area contributed by atoms with E-state index in [2.05, 4.69) is 43.8 Å². The smallest absolute Gasteiger partial charge is 0.0912 e. The summed E-state index contributed by atoms with van der Waals surface area (Å²) in [4.78, 5) is 0. The average Bonchev–Trinajstić information content (AvgIpc) is 2.91. The Morgan fingerprint density at radius 2 is 1.54 bits per heavy atom. The van der Waals surface area contributed by atoms with Crippen molar-refractivity contribution in [2.24, 2.45) is 17.8 Å². The molecular formula is C34H49N. The Bertz CT molecular complexity index is 820. The van der Waals surface area contributed by atoms with E-state index in [0.717, 1.165) is 30.1 Å². The molecule has 1 heteroatoms. The molecule has 2 aliphatic carbocycles. The van der Waals surface area contributed by atoms with Crippen LogP contribution in [-0.4, -0.2) is 0 Å². The second-order valence-corrected chi connectivity index (χ2v) is 11.2. The molecule has 0 saturated heterocycles. The Hall–Kier alpha value is -2.07. The lowest BCUT2D eigenvalue weighted by Gasteiger charge is -2.36. The van der Waals surface area contributed by atoms with E-state index < -0.39 is 0 Å². The van der Waals surface area contributed by atoms with Crippen LogP contribution < -0.4 is 0 Å². The van der Waals surface area contributed by atoms with Gasteiger partial charge in [-0.15, -0.1) is 0 Å². The first-order valence-electron chi connectivity index (χ1n) is 14.7. The number of aryl methyl sites for hydroxylation is 1. The molecule has 0 spiro atoms. The highest BCUT2D eigenvalue weighted by atomic mass is 14.3. The van der Waals surface area contributed by atoms with E-state index in [4.69, 9.17) is 5.26 Å². The van der Waals surface area contributed by atoms with Crippen molar-refractivity contribution >= 4 is 0 Å². The first-order valence-corrected chi connectivity index (χ1v) is 14.7. The summed E-state index contributed by atoms with van der Waals surface area (Å²) in [5, 5.41) is 8.53. The number of nitriles is 1. The van der Waals surface area contributed by atoms with Gasteiger partial charge in [0.05, 0.1) is 6.07 Å². The maximum absolute atomic E-state index is 8.53. The standard InChI is InChI=1S/C34H49N/c1-3-4-5-7-10-13-30-17-21-33(22-18-30)34-25-23-32(24-26-34)28(2)31-19-15-29(16-20-31)14-11-8-6-9-12-27-35/h6,8-9,12,17-18,21-22,29,31-32,34H,2-5,7,10-11,13-16,19-20,23-26H2,1H3/b8-6+,12-9+. The summed E-state index contributed by atoms with van der Waals surface area (Å²) in [6.45, 7) is 6.93. The van der Waals surface area contributed by atoms with Crippen molar-refractivity contribution in [2.45, 2.75) is 116 Å². The van der Waals surface area contributed by atoms with Crippen LogP contribution in [0.5, 0.6) is 0 Å². The van der Waals surface area contributed by atoms with Gasteiger partial charge in [-0.1, -0.05) is 87.3 Å². The van der Waals surface area contributed by atoms with Crippen molar-refractivity contribution in [1.29, 1.82) is 5.26 Å². The second-order valence-electron chi connectivity index (χ2n) is 11.2. The zero-order chi connectivity index (χ0) is 24.7. The van der Waals surface area contributed by atoms with E-state index in [-0.39, 0.29) is 0 Å². The van der Waals surface area contributed by atoms with Gasteiger partial charge in [0, 0.05) is 6.08 Å². The highest BCUT2D eigenvalue weighted by Crippen LogP contribution is 2.44. The van der Waals surface area contributed by atoms with Crippen LogP contribution in [-0.2, 0) is 6.42 Å². The van der Waals surface area contributed by atoms with E-state index in [9.17, 15) is 0 Å². The van der Waals surface area contributed by atoms with Gasteiger partial charge in [0.25, 0.3) is 0 Å². The molecule has 0 radical (unpaired) electrons. The lowest BCUT2D eigenvalue weighted by atomic mass is 9.69. The van der Waals surface area contributed by atoms with Gasteiger partial charge in [0.2, 0.25) is 0 Å². The van der Waals surface area contributed by atoms with Crippen LogP contribution in [0.1, 0.15) is 120 Å². The van der Waals surface area contributed by atoms with Crippen LogP contribution in [0, 0.1) is 29.1 Å². The zero-order valence-electron chi connectivity index (χ0n) is 22.4. The Morgan fingerprint density at radius 3 is 2.20 bits per heavy atom. The fraction of sp³-hybridized carbons (Fsp3) is 0.618. The third-order valence-electron chi connectivity index (χ3n) is 8.80. The minimum Gasteiger partial charge on any atom is -0.193 e.